The fourth-order valence-electron chi connectivity index (χ4n) is 1.76. The Morgan fingerprint density at radius 1 is 1.43 bits per heavy atom. The van der Waals surface area contributed by atoms with Crippen LogP contribution in [0.5, 0.6) is 0 Å². The zero-order valence-electron chi connectivity index (χ0n) is 11.5. The number of carbonyl (C=O) groups is 1. The van der Waals surface area contributed by atoms with Crippen molar-refractivity contribution < 1.29 is 10.0 Å². The van der Waals surface area contributed by atoms with Crippen LogP contribution in [0.2, 0.25) is 0 Å². The van der Waals surface area contributed by atoms with Gasteiger partial charge in [-0.3, -0.25) is 4.79 Å². The molecule has 0 saturated heterocycles. The summed E-state index contributed by atoms with van der Waals surface area (Å²) in [6.45, 7) is 2.42. The predicted molar refractivity (Wildman–Crippen MR) is 81.4 cm³/mol. The van der Waals surface area contributed by atoms with Crippen molar-refractivity contribution in [1.29, 1.82) is 0 Å². The fraction of sp³-hybridized carbons (Fsp3) is 0.214. The van der Waals surface area contributed by atoms with Crippen LogP contribution in [-0.4, -0.2) is 21.9 Å². The molecule has 1 amide bonds. The summed E-state index contributed by atoms with van der Waals surface area (Å²) in [5, 5.41) is 15.2. The first-order valence-electron chi connectivity index (χ1n) is 6.33. The molecule has 1 aromatic heterocycles. The van der Waals surface area contributed by atoms with Crippen molar-refractivity contribution in [2.24, 2.45) is 10.9 Å². The third-order valence-electron chi connectivity index (χ3n) is 2.83. The molecule has 1 heterocycles. The third kappa shape index (κ3) is 4.28. The SMILES string of the molecule is Cc1cnc(CNC(=O)Cc2ccc(/C(N)=N/O)cc2)s1. The zero-order valence-corrected chi connectivity index (χ0v) is 12.4. The van der Waals surface area contributed by atoms with Gasteiger partial charge in [-0.15, -0.1) is 11.3 Å². The van der Waals surface area contributed by atoms with E-state index in [0.29, 0.717) is 12.1 Å². The van der Waals surface area contributed by atoms with E-state index in [1.165, 1.54) is 0 Å². The van der Waals surface area contributed by atoms with Gasteiger partial charge in [-0.2, -0.15) is 0 Å². The second-order valence-electron chi connectivity index (χ2n) is 4.50. The maximum Gasteiger partial charge on any atom is 0.224 e. The molecule has 0 bridgehead atoms. The highest BCUT2D eigenvalue weighted by Crippen LogP contribution is 2.10. The van der Waals surface area contributed by atoms with Gasteiger partial charge in [0.1, 0.15) is 5.01 Å². The van der Waals surface area contributed by atoms with Crippen molar-refractivity contribution >= 4 is 23.1 Å². The van der Waals surface area contributed by atoms with Gasteiger partial charge in [-0.1, -0.05) is 29.4 Å². The smallest absolute Gasteiger partial charge is 0.224 e. The number of carbonyl (C=O) groups excluding carboxylic acids is 1. The van der Waals surface area contributed by atoms with Crippen LogP contribution in [-0.2, 0) is 17.8 Å². The first-order chi connectivity index (χ1) is 10.1. The molecule has 7 heteroatoms. The molecule has 0 aliphatic heterocycles. The number of benzene rings is 1. The second kappa shape index (κ2) is 6.85. The van der Waals surface area contributed by atoms with E-state index in [9.17, 15) is 4.79 Å². The lowest BCUT2D eigenvalue weighted by molar-refractivity contribution is -0.120. The molecule has 4 N–H and O–H groups in total. The predicted octanol–water partition coefficient (Wildman–Crippen LogP) is 1.40. The molecular formula is C14H16N4O2S. The number of hydrogen-bond donors (Lipinski definition) is 3. The number of aromatic nitrogens is 1. The highest BCUT2D eigenvalue weighted by Gasteiger charge is 2.06. The van der Waals surface area contributed by atoms with Gasteiger partial charge in [0, 0.05) is 16.6 Å². The van der Waals surface area contributed by atoms with Gasteiger partial charge in [0.2, 0.25) is 5.91 Å². The van der Waals surface area contributed by atoms with E-state index >= 15 is 0 Å². The lowest BCUT2D eigenvalue weighted by Crippen LogP contribution is -2.24. The number of amidine groups is 1. The van der Waals surface area contributed by atoms with Crippen LogP contribution in [0.15, 0.2) is 35.6 Å². The molecule has 0 aliphatic carbocycles. The summed E-state index contributed by atoms with van der Waals surface area (Å²) in [6.07, 6.45) is 2.07. The number of thiazole rings is 1. The Morgan fingerprint density at radius 3 is 2.71 bits per heavy atom. The van der Waals surface area contributed by atoms with E-state index in [4.69, 9.17) is 10.9 Å². The van der Waals surface area contributed by atoms with Crippen LogP contribution < -0.4 is 11.1 Å². The number of nitrogens with two attached hydrogens (primary N) is 1. The lowest BCUT2D eigenvalue weighted by Gasteiger charge is -2.04. The van der Waals surface area contributed by atoms with Gasteiger partial charge < -0.3 is 16.3 Å². The summed E-state index contributed by atoms with van der Waals surface area (Å²) >= 11 is 1.57. The Balaban J connectivity index is 1.87. The molecule has 0 spiro atoms. The minimum absolute atomic E-state index is 0.0464. The van der Waals surface area contributed by atoms with Crippen molar-refractivity contribution in [3.8, 4) is 0 Å². The topological polar surface area (TPSA) is 101 Å². The first kappa shape index (κ1) is 15.0. The Morgan fingerprint density at radius 2 is 2.14 bits per heavy atom. The second-order valence-corrected chi connectivity index (χ2v) is 5.82. The monoisotopic (exact) mass is 304 g/mol. The van der Waals surface area contributed by atoms with Crippen LogP contribution in [0.1, 0.15) is 21.0 Å². The average molecular weight is 304 g/mol. The van der Waals surface area contributed by atoms with Crippen LogP contribution in [0, 0.1) is 6.92 Å². The van der Waals surface area contributed by atoms with Gasteiger partial charge >= 0.3 is 0 Å². The lowest BCUT2D eigenvalue weighted by atomic mass is 10.1. The van der Waals surface area contributed by atoms with Gasteiger partial charge in [0.05, 0.1) is 13.0 Å². The van der Waals surface area contributed by atoms with Crippen molar-refractivity contribution in [2.75, 3.05) is 0 Å². The summed E-state index contributed by atoms with van der Waals surface area (Å²) in [5.41, 5.74) is 6.94. The zero-order chi connectivity index (χ0) is 15.2. The fourth-order valence-corrected chi connectivity index (χ4v) is 2.48. The highest BCUT2D eigenvalue weighted by atomic mass is 32.1. The van der Waals surface area contributed by atoms with E-state index in [1.807, 2.05) is 6.92 Å². The minimum atomic E-state index is -0.0700. The van der Waals surface area contributed by atoms with Crippen LogP contribution in [0.4, 0.5) is 0 Å². The molecule has 1 aromatic carbocycles. The van der Waals surface area contributed by atoms with Gasteiger partial charge in [-0.25, -0.2) is 4.98 Å². The molecule has 110 valence electrons. The molecule has 2 aromatic rings. The molecule has 0 atom stereocenters. The molecule has 0 unspecified atom stereocenters. The summed E-state index contributed by atoms with van der Waals surface area (Å²) in [7, 11) is 0. The van der Waals surface area contributed by atoms with E-state index in [-0.39, 0.29) is 18.2 Å². The number of nitrogens with one attached hydrogen (secondary N) is 1. The van der Waals surface area contributed by atoms with Crippen LogP contribution in [0.25, 0.3) is 0 Å². The van der Waals surface area contributed by atoms with Gasteiger partial charge in [0.15, 0.2) is 5.84 Å². The van der Waals surface area contributed by atoms with E-state index in [2.05, 4.69) is 15.5 Å². The van der Waals surface area contributed by atoms with Crippen LogP contribution >= 0.6 is 11.3 Å². The van der Waals surface area contributed by atoms with Crippen LogP contribution in [0.3, 0.4) is 0 Å². The Hall–Kier alpha value is -2.41. The summed E-state index contributed by atoms with van der Waals surface area (Å²) < 4.78 is 0. The molecule has 0 fully saturated rings. The maximum absolute atomic E-state index is 11.8. The number of aryl methyl sites for hydroxylation is 1. The number of rotatable bonds is 5. The van der Waals surface area contributed by atoms with Gasteiger partial charge in [-0.05, 0) is 12.5 Å². The standard InChI is InChI=1S/C14H16N4O2S/c1-9-7-17-13(21-9)8-16-12(19)6-10-2-4-11(5-3-10)14(15)18-20/h2-5,7,20H,6,8H2,1H3,(H2,15,18)(H,16,19). The molecule has 21 heavy (non-hydrogen) atoms. The number of hydrogen-bond acceptors (Lipinski definition) is 5. The van der Waals surface area contributed by atoms with Crippen molar-refractivity contribution in [3.05, 3.63) is 51.5 Å². The largest absolute Gasteiger partial charge is 0.409 e. The molecule has 0 aliphatic rings. The molecule has 6 nitrogen and oxygen atoms in total. The quantitative estimate of drug-likeness (QED) is 0.336. The highest BCUT2D eigenvalue weighted by molar-refractivity contribution is 7.11. The van der Waals surface area contributed by atoms with E-state index < -0.39 is 0 Å². The number of amides is 1. The molecule has 2 rings (SSSR count). The third-order valence-corrected chi connectivity index (χ3v) is 3.74. The average Bonchev–Trinajstić information content (AvgIpc) is 2.91. The summed E-state index contributed by atoms with van der Waals surface area (Å²) in [4.78, 5) is 17.2. The molecule has 0 radical (unpaired) electrons. The number of oxime groups is 1. The number of nitrogens with zero attached hydrogens (tertiary/aromatic N) is 2. The van der Waals surface area contributed by atoms with Crippen molar-refractivity contribution in [1.82, 2.24) is 10.3 Å². The Labute approximate surface area is 126 Å². The van der Waals surface area contributed by atoms with Crippen molar-refractivity contribution in [2.45, 2.75) is 19.9 Å². The Bertz CT molecular complexity index is 649. The van der Waals surface area contributed by atoms with E-state index in [1.54, 1.807) is 41.8 Å². The van der Waals surface area contributed by atoms with Crippen molar-refractivity contribution in [3.63, 3.8) is 0 Å². The maximum atomic E-state index is 11.8. The first-order valence-corrected chi connectivity index (χ1v) is 7.15. The normalized spacial score (nSPS) is 11.4. The Kier molecular flexibility index (Phi) is 4.89. The van der Waals surface area contributed by atoms with Gasteiger partial charge in [0.25, 0.3) is 0 Å². The molecule has 0 saturated carbocycles. The molecular weight excluding hydrogens is 288 g/mol. The van der Waals surface area contributed by atoms with E-state index in [0.717, 1.165) is 15.4 Å². The summed E-state index contributed by atoms with van der Waals surface area (Å²) in [6, 6.07) is 6.98. The minimum Gasteiger partial charge on any atom is -0.409 e. The summed E-state index contributed by atoms with van der Waals surface area (Å²) in [5.74, 6) is -0.0236.